The summed E-state index contributed by atoms with van der Waals surface area (Å²) in [7, 11) is 0. The third-order valence-electron chi connectivity index (χ3n) is 2.92. The molecular formula is C12H13N3O4. The monoisotopic (exact) mass is 263 g/mol. The van der Waals surface area contributed by atoms with Crippen molar-refractivity contribution in [1.29, 1.82) is 0 Å². The molecule has 2 aromatic rings. The molecule has 0 N–H and O–H groups in total. The van der Waals surface area contributed by atoms with E-state index in [2.05, 4.69) is 10.1 Å². The number of hydrogen-bond acceptors (Lipinski definition) is 6. The number of ether oxygens (including phenoxy) is 1. The van der Waals surface area contributed by atoms with Crippen LogP contribution in [0.2, 0.25) is 0 Å². The van der Waals surface area contributed by atoms with Crippen molar-refractivity contribution in [2.24, 2.45) is 0 Å². The summed E-state index contributed by atoms with van der Waals surface area (Å²) in [6.45, 7) is 3.06. The van der Waals surface area contributed by atoms with Gasteiger partial charge in [-0.25, -0.2) is 0 Å². The van der Waals surface area contributed by atoms with Crippen LogP contribution in [0.1, 0.15) is 28.4 Å². The van der Waals surface area contributed by atoms with Gasteiger partial charge in [-0.05, 0) is 12.1 Å². The molecule has 3 rings (SSSR count). The van der Waals surface area contributed by atoms with Crippen molar-refractivity contribution in [1.82, 2.24) is 15.0 Å². The Labute approximate surface area is 109 Å². The molecule has 0 radical (unpaired) electrons. The van der Waals surface area contributed by atoms with Gasteiger partial charge in [0.05, 0.1) is 19.4 Å². The zero-order valence-electron chi connectivity index (χ0n) is 10.4. The van der Waals surface area contributed by atoms with E-state index in [0.717, 1.165) is 0 Å². The van der Waals surface area contributed by atoms with Gasteiger partial charge in [0.25, 0.3) is 5.91 Å². The minimum Gasteiger partial charge on any atom is -0.459 e. The van der Waals surface area contributed by atoms with Crippen LogP contribution in [0, 0.1) is 6.92 Å². The Hall–Kier alpha value is -2.15. The fourth-order valence-electron chi connectivity index (χ4n) is 1.99. The lowest BCUT2D eigenvalue weighted by molar-refractivity contribution is -0.0285. The van der Waals surface area contributed by atoms with Crippen LogP contribution in [0.3, 0.4) is 0 Å². The van der Waals surface area contributed by atoms with Gasteiger partial charge >= 0.3 is 0 Å². The summed E-state index contributed by atoms with van der Waals surface area (Å²) in [4.78, 5) is 17.9. The average Bonchev–Trinajstić information content (AvgIpc) is 3.09. The topological polar surface area (TPSA) is 81.6 Å². The minimum atomic E-state index is -0.356. The molecule has 1 fully saturated rings. The standard InChI is InChI=1S/C12H13N3O4/c1-8-13-11(14-19-8)10-7-15(4-6-18-10)12(16)9-3-2-5-17-9/h2-3,5,10H,4,6-7H2,1H3. The van der Waals surface area contributed by atoms with Gasteiger partial charge in [-0.3, -0.25) is 4.79 Å². The Morgan fingerprint density at radius 2 is 2.42 bits per heavy atom. The van der Waals surface area contributed by atoms with E-state index in [4.69, 9.17) is 13.7 Å². The summed E-state index contributed by atoms with van der Waals surface area (Å²) in [5.41, 5.74) is 0. The first-order chi connectivity index (χ1) is 9.24. The highest BCUT2D eigenvalue weighted by Crippen LogP contribution is 2.21. The maximum Gasteiger partial charge on any atom is 0.289 e. The molecule has 0 bridgehead atoms. The first-order valence-corrected chi connectivity index (χ1v) is 5.98. The van der Waals surface area contributed by atoms with E-state index in [1.165, 1.54) is 6.26 Å². The summed E-state index contributed by atoms with van der Waals surface area (Å²) < 4.78 is 15.6. The Bertz CT molecular complexity index is 563. The van der Waals surface area contributed by atoms with Gasteiger partial charge in [-0.1, -0.05) is 5.16 Å². The predicted octanol–water partition coefficient (Wildman–Crippen LogP) is 1.18. The van der Waals surface area contributed by atoms with Gasteiger partial charge in [0, 0.05) is 13.5 Å². The number of aromatic nitrogens is 2. The number of furan rings is 1. The Morgan fingerprint density at radius 1 is 1.53 bits per heavy atom. The van der Waals surface area contributed by atoms with Crippen LogP contribution in [0.15, 0.2) is 27.3 Å². The van der Waals surface area contributed by atoms with Gasteiger partial charge in [0.2, 0.25) is 11.7 Å². The summed E-state index contributed by atoms with van der Waals surface area (Å²) in [6, 6.07) is 3.33. The molecule has 1 atom stereocenters. The van der Waals surface area contributed by atoms with Crippen LogP contribution < -0.4 is 0 Å². The van der Waals surface area contributed by atoms with Crippen LogP contribution in [0.4, 0.5) is 0 Å². The molecule has 1 aliphatic heterocycles. The molecule has 0 aromatic carbocycles. The van der Waals surface area contributed by atoms with E-state index in [1.54, 1.807) is 24.0 Å². The predicted molar refractivity (Wildman–Crippen MR) is 62.3 cm³/mol. The lowest BCUT2D eigenvalue weighted by Gasteiger charge is -2.30. The summed E-state index contributed by atoms with van der Waals surface area (Å²) >= 11 is 0. The molecule has 2 aromatic heterocycles. The second-order valence-corrected chi connectivity index (χ2v) is 4.26. The number of nitrogens with zero attached hydrogens (tertiary/aromatic N) is 3. The zero-order chi connectivity index (χ0) is 13.2. The fourth-order valence-corrected chi connectivity index (χ4v) is 1.99. The molecule has 7 heteroatoms. The van der Waals surface area contributed by atoms with Gasteiger partial charge in [0.1, 0.15) is 6.10 Å². The van der Waals surface area contributed by atoms with Crippen LogP contribution in [0.25, 0.3) is 0 Å². The molecular weight excluding hydrogens is 250 g/mol. The summed E-state index contributed by atoms with van der Waals surface area (Å²) in [5.74, 6) is 1.12. The quantitative estimate of drug-likeness (QED) is 0.809. The SMILES string of the molecule is Cc1nc(C2CN(C(=O)c3ccco3)CCO2)no1. The summed E-state index contributed by atoms with van der Waals surface area (Å²) in [5, 5.41) is 3.82. The number of rotatable bonds is 2. The fraction of sp³-hybridized carbons (Fsp3) is 0.417. The molecule has 1 saturated heterocycles. The number of hydrogen-bond donors (Lipinski definition) is 0. The van der Waals surface area contributed by atoms with E-state index in [9.17, 15) is 4.79 Å². The van der Waals surface area contributed by atoms with Gasteiger partial charge in [-0.2, -0.15) is 4.98 Å². The molecule has 0 saturated carbocycles. The van der Waals surface area contributed by atoms with E-state index >= 15 is 0 Å². The Morgan fingerprint density at radius 3 is 3.11 bits per heavy atom. The van der Waals surface area contributed by atoms with Gasteiger partial charge in [-0.15, -0.1) is 0 Å². The molecule has 1 unspecified atom stereocenters. The average molecular weight is 263 g/mol. The first kappa shape index (κ1) is 11.9. The van der Waals surface area contributed by atoms with Crippen LogP contribution in [0.5, 0.6) is 0 Å². The molecule has 1 amide bonds. The number of morpholine rings is 1. The maximum atomic E-state index is 12.2. The van der Waals surface area contributed by atoms with Crippen LogP contribution in [-0.4, -0.2) is 40.6 Å². The maximum absolute atomic E-state index is 12.2. The van der Waals surface area contributed by atoms with E-state index in [1.807, 2.05) is 0 Å². The molecule has 1 aliphatic rings. The molecule has 0 aliphatic carbocycles. The first-order valence-electron chi connectivity index (χ1n) is 5.98. The van der Waals surface area contributed by atoms with Crippen molar-refractivity contribution >= 4 is 5.91 Å². The molecule has 0 spiro atoms. The van der Waals surface area contributed by atoms with Gasteiger partial charge < -0.3 is 18.6 Å². The van der Waals surface area contributed by atoms with E-state index in [0.29, 0.717) is 37.2 Å². The highest BCUT2D eigenvalue weighted by Gasteiger charge is 2.29. The molecule has 19 heavy (non-hydrogen) atoms. The van der Waals surface area contributed by atoms with Crippen molar-refractivity contribution in [3.05, 3.63) is 35.9 Å². The molecule has 7 nitrogen and oxygen atoms in total. The van der Waals surface area contributed by atoms with E-state index < -0.39 is 0 Å². The third kappa shape index (κ3) is 2.37. The Balaban J connectivity index is 1.73. The number of carbonyl (C=O) groups excluding carboxylic acids is 1. The lowest BCUT2D eigenvalue weighted by Crippen LogP contribution is -2.42. The highest BCUT2D eigenvalue weighted by atomic mass is 16.5. The summed E-state index contributed by atoms with van der Waals surface area (Å²) in [6.07, 6.45) is 1.12. The van der Waals surface area contributed by atoms with E-state index in [-0.39, 0.29) is 12.0 Å². The third-order valence-corrected chi connectivity index (χ3v) is 2.92. The minimum absolute atomic E-state index is 0.154. The van der Waals surface area contributed by atoms with Crippen molar-refractivity contribution in [3.8, 4) is 0 Å². The molecule has 3 heterocycles. The largest absolute Gasteiger partial charge is 0.459 e. The number of amides is 1. The normalized spacial score (nSPS) is 19.6. The number of aryl methyl sites for hydroxylation is 1. The van der Waals surface area contributed by atoms with Crippen molar-refractivity contribution in [2.45, 2.75) is 13.0 Å². The number of carbonyl (C=O) groups is 1. The molecule has 100 valence electrons. The second kappa shape index (κ2) is 4.85. The van der Waals surface area contributed by atoms with Gasteiger partial charge in [0.15, 0.2) is 5.76 Å². The van der Waals surface area contributed by atoms with Crippen molar-refractivity contribution in [2.75, 3.05) is 19.7 Å². The van der Waals surface area contributed by atoms with Crippen LogP contribution in [-0.2, 0) is 4.74 Å². The second-order valence-electron chi connectivity index (χ2n) is 4.26. The van der Waals surface area contributed by atoms with Crippen molar-refractivity contribution < 1.29 is 18.5 Å². The lowest BCUT2D eigenvalue weighted by atomic mass is 10.2. The highest BCUT2D eigenvalue weighted by molar-refractivity contribution is 5.91. The smallest absolute Gasteiger partial charge is 0.289 e. The zero-order valence-corrected chi connectivity index (χ0v) is 10.4. The van der Waals surface area contributed by atoms with Crippen molar-refractivity contribution in [3.63, 3.8) is 0 Å². The Kier molecular flexibility index (Phi) is 3.04. The van der Waals surface area contributed by atoms with Crippen LogP contribution >= 0.6 is 0 Å².